The molecule has 0 saturated carbocycles. The van der Waals surface area contributed by atoms with Crippen LogP contribution in [0.2, 0.25) is 0 Å². The number of hydrogen-bond acceptors (Lipinski definition) is 5. The summed E-state index contributed by atoms with van der Waals surface area (Å²) >= 11 is 0. The van der Waals surface area contributed by atoms with E-state index in [9.17, 15) is 9.90 Å². The van der Waals surface area contributed by atoms with E-state index in [4.69, 9.17) is 9.72 Å². The number of ether oxygens (including phenoxy) is 1. The molecular weight excluding hydrogens is 364 g/mol. The van der Waals surface area contributed by atoms with Crippen LogP contribution >= 0.6 is 0 Å². The van der Waals surface area contributed by atoms with Gasteiger partial charge in [0.25, 0.3) is 0 Å². The van der Waals surface area contributed by atoms with Crippen LogP contribution in [0.5, 0.6) is 5.75 Å². The summed E-state index contributed by atoms with van der Waals surface area (Å²) in [5.41, 5.74) is 7.91. The van der Waals surface area contributed by atoms with Crippen molar-refractivity contribution in [2.24, 2.45) is 0 Å². The number of ketones is 1. The van der Waals surface area contributed by atoms with Crippen molar-refractivity contribution in [1.82, 2.24) is 9.88 Å². The number of Topliss-reactive ketones (excluding diaryl/α,β-unsaturated/α-hetero) is 1. The number of aryl methyl sites for hydroxylation is 1. The number of phenols is 1. The van der Waals surface area contributed by atoms with Crippen molar-refractivity contribution in [3.8, 4) is 5.75 Å². The first-order valence-corrected chi connectivity index (χ1v) is 10.0. The number of pyridine rings is 1. The maximum atomic E-state index is 12.2. The van der Waals surface area contributed by atoms with Gasteiger partial charge in [-0.1, -0.05) is 20.4 Å². The normalized spacial score (nSPS) is 16.8. The lowest BCUT2D eigenvalue weighted by Gasteiger charge is -2.32. The number of carbonyl (C=O) groups is 1. The topological polar surface area (TPSA) is 62.7 Å². The number of rotatable bonds is 5. The Hall–Kier alpha value is -2.92. The lowest BCUT2D eigenvalue weighted by Crippen LogP contribution is -2.29. The van der Waals surface area contributed by atoms with Crippen LogP contribution in [0.1, 0.15) is 44.0 Å². The molecule has 0 radical (unpaired) electrons. The maximum Gasteiger partial charge on any atom is 0.163 e. The Balaban J connectivity index is 1.97. The summed E-state index contributed by atoms with van der Waals surface area (Å²) in [5, 5.41) is 11.0. The molecule has 3 heterocycles. The van der Waals surface area contributed by atoms with Gasteiger partial charge in [-0.3, -0.25) is 4.79 Å². The molecule has 1 aromatic heterocycles. The molecule has 29 heavy (non-hydrogen) atoms. The molecule has 0 saturated heterocycles. The molecule has 0 amide bonds. The first kappa shape index (κ1) is 19.4. The molecule has 5 heteroatoms. The number of aromatic nitrogens is 1. The number of aromatic hydroxyl groups is 1. The molecule has 1 atom stereocenters. The molecule has 0 fully saturated rings. The van der Waals surface area contributed by atoms with E-state index in [0.717, 1.165) is 57.5 Å². The monoisotopic (exact) mass is 390 g/mol. The number of nitrogens with zero attached hydrogens (tertiary/aromatic N) is 2. The molecule has 1 N–H and O–H groups in total. The van der Waals surface area contributed by atoms with Gasteiger partial charge in [0, 0.05) is 23.8 Å². The van der Waals surface area contributed by atoms with Gasteiger partial charge in [-0.15, -0.1) is 0 Å². The third kappa shape index (κ3) is 2.88. The summed E-state index contributed by atoms with van der Waals surface area (Å²) in [7, 11) is 1.57. The summed E-state index contributed by atoms with van der Waals surface area (Å²) in [6.07, 6.45) is 3.05. The third-order valence-corrected chi connectivity index (χ3v) is 5.95. The second-order valence-corrected chi connectivity index (χ2v) is 7.55. The van der Waals surface area contributed by atoms with Crippen LogP contribution in [0.4, 0.5) is 0 Å². The van der Waals surface area contributed by atoms with Crippen LogP contribution in [0.3, 0.4) is 0 Å². The van der Waals surface area contributed by atoms with E-state index in [1.807, 2.05) is 12.1 Å². The summed E-state index contributed by atoms with van der Waals surface area (Å²) in [4.78, 5) is 19.3. The second kappa shape index (κ2) is 7.16. The van der Waals surface area contributed by atoms with Gasteiger partial charge in [-0.05, 0) is 60.8 Å². The molecule has 150 valence electrons. The average Bonchev–Trinajstić information content (AvgIpc) is 3.05. The van der Waals surface area contributed by atoms with Crippen molar-refractivity contribution < 1.29 is 14.6 Å². The molecule has 2 aliphatic heterocycles. The molecule has 0 bridgehead atoms. The van der Waals surface area contributed by atoms with E-state index >= 15 is 0 Å². The van der Waals surface area contributed by atoms with Crippen molar-refractivity contribution in [2.45, 2.75) is 46.3 Å². The fourth-order valence-corrected chi connectivity index (χ4v) is 4.62. The molecule has 1 aromatic carbocycles. The Morgan fingerprint density at radius 3 is 2.72 bits per heavy atom. The number of allylic oxidation sites excluding steroid dienone is 1. The van der Waals surface area contributed by atoms with Crippen molar-refractivity contribution in [2.75, 3.05) is 7.11 Å². The zero-order valence-electron chi connectivity index (χ0n) is 17.4. The molecule has 0 spiro atoms. The lowest BCUT2D eigenvalue weighted by atomic mass is 9.91. The van der Waals surface area contributed by atoms with Gasteiger partial charge in [0.2, 0.25) is 0 Å². The van der Waals surface area contributed by atoms with Crippen LogP contribution in [0.15, 0.2) is 47.7 Å². The fourth-order valence-electron chi connectivity index (χ4n) is 4.62. The summed E-state index contributed by atoms with van der Waals surface area (Å²) < 4.78 is 5.54. The Morgan fingerprint density at radius 2 is 2.10 bits per heavy atom. The van der Waals surface area contributed by atoms with Gasteiger partial charge in [-0.25, -0.2) is 4.98 Å². The predicted octanol–water partition coefficient (Wildman–Crippen LogP) is 4.50. The average molecular weight is 390 g/mol. The zero-order valence-corrected chi connectivity index (χ0v) is 17.4. The molecule has 0 unspecified atom stereocenters. The van der Waals surface area contributed by atoms with Crippen molar-refractivity contribution in [1.29, 1.82) is 0 Å². The number of carbonyl (C=O) groups excluding carboxylic acids is 1. The third-order valence-electron chi connectivity index (χ3n) is 5.95. The van der Waals surface area contributed by atoms with Crippen LogP contribution in [0.25, 0.3) is 16.6 Å². The molecule has 5 nitrogen and oxygen atoms in total. The number of phenolic OH excluding ortho intramolecular Hbond substituents is 1. The second-order valence-electron chi connectivity index (χ2n) is 7.55. The molecule has 2 aliphatic rings. The summed E-state index contributed by atoms with van der Waals surface area (Å²) in [6.45, 7) is 10.8. The minimum atomic E-state index is -0.608. The number of benzene rings is 1. The smallest absolute Gasteiger partial charge is 0.163 e. The van der Waals surface area contributed by atoms with Crippen LogP contribution in [-0.2, 0) is 22.5 Å². The fraction of sp³-hybridized carbons (Fsp3) is 0.333. The SMILES string of the molecule is C=C1C(CC)=C([C@H](OC)C(C)=O)C=C2c3nc4ccc(O)cc4c(CC)c3CN12. The quantitative estimate of drug-likeness (QED) is 0.815. The van der Waals surface area contributed by atoms with Gasteiger partial charge in [0.1, 0.15) is 11.9 Å². The predicted molar refractivity (Wildman–Crippen MR) is 114 cm³/mol. The standard InChI is InChI=1S/C24H26N2O3/c1-6-16-13(3)26-12-20-17(7-2)18-10-15(28)8-9-21(18)25-23(20)22(26)11-19(16)24(29-5)14(4)27/h8-11,24,28H,3,6-7,12H2,1-2,4-5H3/t24-/m1/s1. The minimum Gasteiger partial charge on any atom is -0.508 e. The van der Waals surface area contributed by atoms with E-state index in [-0.39, 0.29) is 11.5 Å². The van der Waals surface area contributed by atoms with Gasteiger partial charge in [0.15, 0.2) is 5.78 Å². The van der Waals surface area contributed by atoms with Crippen LogP contribution < -0.4 is 0 Å². The molecule has 2 aromatic rings. The van der Waals surface area contributed by atoms with E-state index < -0.39 is 6.10 Å². The highest BCUT2D eigenvalue weighted by Crippen LogP contribution is 2.45. The Labute approximate surface area is 171 Å². The Bertz CT molecular complexity index is 1110. The van der Waals surface area contributed by atoms with E-state index in [1.54, 1.807) is 26.2 Å². The molecule has 0 aliphatic carbocycles. The minimum absolute atomic E-state index is 0.0269. The van der Waals surface area contributed by atoms with Gasteiger partial charge in [0.05, 0.1) is 23.5 Å². The van der Waals surface area contributed by atoms with Crippen molar-refractivity contribution in [3.05, 3.63) is 64.5 Å². The lowest BCUT2D eigenvalue weighted by molar-refractivity contribution is -0.124. The van der Waals surface area contributed by atoms with Gasteiger partial charge >= 0.3 is 0 Å². The molecule has 4 rings (SSSR count). The summed E-state index contributed by atoms with van der Waals surface area (Å²) in [5.74, 6) is 0.218. The first-order chi connectivity index (χ1) is 13.9. The molecular formula is C24H26N2O3. The van der Waals surface area contributed by atoms with Crippen molar-refractivity contribution >= 4 is 22.4 Å². The highest BCUT2D eigenvalue weighted by Gasteiger charge is 2.36. The number of hydrogen-bond donors (Lipinski definition) is 1. The maximum absolute atomic E-state index is 12.2. The highest BCUT2D eigenvalue weighted by molar-refractivity contribution is 5.91. The summed E-state index contributed by atoms with van der Waals surface area (Å²) in [6, 6.07) is 5.31. The van der Waals surface area contributed by atoms with E-state index in [2.05, 4.69) is 25.3 Å². The van der Waals surface area contributed by atoms with Crippen molar-refractivity contribution in [3.63, 3.8) is 0 Å². The number of fused-ring (bicyclic) bond motifs is 4. The van der Waals surface area contributed by atoms with Crippen LogP contribution in [-0.4, -0.2) is 34.0 Å². The first-order valence-electron chi connectivity index (χ1n) is 10.0. The highest BCUT2D eigenvalue weighted by atomic mass is 16.5. The van der Waals surface area contributed by atoms with Crippen LogP contribution in [0, 0.1) is 0 Å². The Kier molecular flexibility index (Phi) is 4.79. The van der Waals surface area contributed by atoms with E-state index in [0.29, 0.717) is 6.54 Å². The Morgan fingerprint density at radius 1 is 1.34 bits per heavy atom. The van der Waals surface area contributed by atoms with E-state index in [1.165, 1.54) is 5.56 Å². The largest absolute Gasteiger partial charge is 0.508 e. The zero-order chi connectivity index (χ0) is 20.9. The number of methoxy groups -OCH3 is 1. The van der Waals surface area contributed by atoms with Gasteiger partial charge < -0.3 is 14.7 Å². The van der Waals surface area contributed by atoms with Gasteiger partial charge in [-0.2, -0.15) is 0 Å².